The molecule has 5 heteroatoms. The number of aromatic hydroxyl groups is 3. The van der Waals surface area contributed by atoms with E-state index < -0.39 is 0 Å². The van der Waals surface area contributed by atoms with Gasteiger partial charge in [-0.05, 0) is 65.8 Å². The van der Waals surface area contributed by atoms with Crippen LogP contribution >= 0.6 is 0 Å². The van der Waals surface area contributed by atoms with E-state index in [1.807, 2.05) is 12.1 Å². The van der Waals surface area contributed by atoms with E-state index >= 15 is 0 Å². The number of phenolic OH excluding ortho intramolecular Hbond substituents is 3. The molecule has 0 bridgehead atoms. The van der Waals surface area contributed by atoms with Crippen LogP contribution < -0.4 is 0 Å². The number of carbonyl (C=O) groups excluding carboxylic acids is 2. The van der Waals surface area contributed by atoms with Crippen LogP contribution in [0.3, 0.4) is 0 Å². The Hall–Kier alpha value is -3.34. The minimum atomic E-state index is -0.370. The van der Waals surface area contributed by atoms with Gasteiger partial charge in [-0.3, -0.25) is 9.59 Å². The van der Waals surface area contributed by atoms with Crippen molar-refractivity contribution < 1.29 is 24.9 Å². The Morgan fingerprint density at radius 1 is 0.821 bits per heavy atom. The first-order chi connectivity index (χ1) is 13.4. The van der Waals surface area contributed by atoms with E-state index in [0.717, 1.165) is 18.4 Å². The van der Waals surface area contributed by atoms with E-state index in [1.165, 1.54) is 36.8 Å². The van der Waals surface area contributed by atoms with Crippen LogP contribution in [0, 0.1) is 0 Å². The van der Waals surface area contributed by atoms with Crippen LogP contribution in [-0.2, 0) is 9.59 Å². The van der Waals surface area contributed by atoms with Crippen LogP contribution in [0.2, 0.25) is 0 Å². The molecule has 1 saturated carbocycles. The summed E-state index contributed by atoms with van der Waals surface area (Å²) in [5, 5.41) is 28.8. The van der Waals surface area contributed by atoms with Crippen molar-refractivity contribution >= 4 is 23.7 Å². The molecular formula is C23H22O5. The summed E-state index contributed by atoms with van der Waals surface area (Å²) in [6, 6.07) is 9.57. The van der Waals surface area contributed by atoms with Crippen LogP contribution in [0.5, 0.6) is 17.2 Å². The summed E-state index contributed by atoms with van der Waals surface area (Å²) in [7, 11) is 0. The van der Waals surface area contributed by atoms with Gasteiger partial charge in [0, 0.05) is 0 Å². The van der Waals surface area contributed by atoms with Gasteiger partial charge in [0.2, 0.25) is 0 Å². The molecule has 3 N–H and O–H groups in total. The van der Waals surface area contributed by atoms with Gasteiger partial charge in [-0.2, -0.15) is 0 Å². The lowest BCUT2D eigenvalue weighted by molar-refractivity contribution is -0.121. The lowest BCUT2D eigenvalue weighted by Gasteiger charge is -2.26. The monoisotopic (exact) mass is 378 g/mol. The van der Waals surface area contributed by atoms with Crippen molar-refractivity contribution in [2.45, 2.75) is 31.6 Å². The van der Waals surface area contributed by atoms with E-state index in [4.69, 9.17) is 0 Å². The third kappa shape index (κ3) is 4.88. The summed E-state index contributed by atoms with van der Waals surface area (Å²) in [4.78, 5) is 23.9. The number of hydrogen-bond donors (Lipinski definition) is 3. The Bertz CT molecular complexity index is 951. The van der Waals surface area contributed by atoms with Gasteiger partial charge in [-0.15, -0.1) is 0 Å². The van der Waals surface area contributed by atoms with Crippen LogP contribution in [-0.4, -0.2) is 26.9 Å². The first-order valence-corrected chi connectivity index (χ1v) is 9.19. The largest absolute Gasteiger partial charge is 0.508 e. The van der Waals surface area contributed by atoms with Crippen molar-refractivity contribution in [3.63, 3.8) is 0 Å². The number of rotatable bonds is 7. The molecule has 0 aromatic heterocycles. The average molecular weight is 378 g/mol. The second kappa shape index (κ2) is 8.57. The van der Waals surface area contributed by atoms with E-state index in [0.29, 0.717) is 17.0 Å². The van der Waals surface area contributed by atoms with Gasteiger partial charge >= 0.3 is 0 Å². The predicted octanol–water partition coefficient (Wildman–Crippen LogP) is 4.33. The fraction of sp³-hybridized carbons (Fsp3) is 0.217. The molecule has 5 nitrogen and oxygen atoms in total. The van der Waals surface area contributed by atoms with Crippen molar-refractivity contribution in [1.82, 2.24) is 0 Å². The number of benzene rings is 2. The van der Waals surface area contributed by atoms with Gasteiger partial charge < -0.3 is 15.3 Å². The fourth-order valence-corrected chi connectivity index (χ4v) is 3.04. The highest BCUT2D eigenvalue weighted by molar-refractivity contribution is 6.10. The van der Waals surface area contributed by atoms with Crippen LogP contribution in [0.1, 0.15) is 48.3 Å². The Balaban J connectivity index is 1.55. The highest BCUT2D eigenvalue weighted by Crippen LogP contribution is 2.40. The molecule has 3 rings (SSSR count). The number of phenols is 3. The fourth-order valence-electron chi connectivity index (χ4n) is 3.04. The molecule has 0 heterocycles. The van der Waals surface area contributed by atoms with Gasteiger partial charge in [-0.25, -0.2) is 0 Å². The zero-order valence-electron chi connectivity index (χ0n) is 15.3. The minimum absolute atomic E-state index is 0.240. The van der Waals surface area contributed by atoms with Gasteiger partial charge in [0.25, 0.3) is 0 Å². The van der Waals surface area contributed by atoms with Crippen LogP contribution in [0.25, 0.3) is 12.2 Å². The molecule has 1 fully saturated rings. The zero-order chi connectivity index (χ0) is 20.1. The molecule has 0 radical (unpaired) electrons. The summed E-state index contributed by atoms with van der Waals surface area (Å²) < 4.78 is 0. The standard InChI is InChI=1S/C23H22O5/c24-18(14-19(25)9-5-16-7-11-21(26)23(28)13-16)8-4-15-6-10-20(22(27)12-15)17-2-1-3-17/h4-13,17,26-28H,1-3,14H2/b8-4+,9-5+. The average Bonchev–Trinajstić information content (AvgIpc) is 2.61. The Morgan fingerprint density at radius 2 is 1.39 bits per heavy atom. The summed E-state index contributed by atoms with van der Waals surface area (Å²) in [5.41, 5.74) is 2.19. The topological polar surface area (TPSA) is 94.8 Å². The minimum Gasteiger partial charge on any atom is -0.508 e. The summed E-state index contributed by atoms with van der Waals surface area (Å²) in [6.07, 6.45) is 8.76. The summed E-state index contributed by atoms with van der Waals surface area (Å²) >= 11 is 0. The lowest BCUT2D eigenvalue weighted by Crippen LogP contribution is -2.08. The molecule has 0 atom stereocenters. The third-order valence-electron chi connectivity index (χ3n) is 4.87. The van der Waals surface area contributed by atoms with Gasteiger partial charge in [0.15, 0.2) is 23.1 Å². The molecule has 1 aliphatic carbocycles. The Labute approximate surface area is 163 Å². The normalized spacial score (nSPS) is 14.4. The van der Waals surface area contributed by atoms with Crippen LogP contribution in [0.15, 0.2) is 48.6 Å². The van der Waals surface area contributed by atoms with Crippen molar-refractivity contribution in [3.05, 3.63) is 65.2 Å². The Morgan fingerprint density at radius 3 is 1.89 bits per heavy atom. The smallest absolute Gasteiger partial charge is 0.163 e. The first kappa shape index (κ1) is 19.4. The van der Waals surface area contributed by atoms with Gasteiger partial charge in [0.1, 0.15) is 5.75 Å². The maximum atomic E-state index is 12.0. The molecule has 1 aliphatic rings. The second-order valence-electron chi connectivity index (χ2n) is 6.97. The SMILES string of the molecule is O=C(/C=C/c1ccc(O)c(O)c1)CC(=O)/C=C/c1ccc(C2CCC2)c(O)c1. The zero-order valence-corrected chi connectivity index (χ0v) is 15.3. The molecule has 0 unspecified atom stereocenters. The van der Waals surface area contributed by atoms with Crippen molar-refractivity contribution in [2.24, 2.45) is 0 Å². The van der Waals surface area contributed by atoms with Crippen molar-refractivity contribution in [1.29, 1.82) is 0 Å². The highest BCUT2D eigenvalue weighted by Gasteiger charge is 2.22. The Kier molecular flexibility index (Phi) is 5.94. The van der Waals surface area contributed by atoms with Crippen LogP contribution in [0.4, 0.5) is 0 Å². The third-order valence-corrected chi connectivity index (χ3v) is 4.87. The summed E-state index contributed by atoms with van der Waals surface area (Å²) in [6.45, 7) is 0. The molecule has 0 spiro atoms. The van der Waals surface area contributed by atoms with Gasteiger partial charge in [-0.1, -0.05) is 36.8 Å². The molecule has 0 aliphatic heterocycles. The molecular weight excluding hydrogens is 356 g/mol. The summed E-state index contributed by atoms with van der Waals surface area (Å²) in [5.74, 6) is -0.554. The number of allylic oxidation sites excluding steroid dienone is 2. The first-order valence-electron chi connectivity index (χ1n) is 9.19. The van der Waals surface area contributed by atoms with Crippen molar-refractivity contribution in [3.8, 4) is 17.2 Å². The number of ketones is 2. The molecule has 28 heavy (non-hydrogen) atoms. The van der Waals surface area contributed by atoms with Gasteiger partial charge in [0.05, 0.1) is 6.42 Å². The maximum absolute atomic E-state index is 12.0. The van der Waals surface area contributed by atoms with E-state index in [1.54, 1.807) is 18.2 Å². The molecule has 0 amide bonds. The van der Waals surface area contributed by atoms with E-state index in [-0.39, 0.29) is 35.2 Å². The second-order valence-corrected chi connectivity index (χ2v) is 6.97. The molecule has 0 saturated heterocycles. The van der Waals surface area contributed by atoms with Crippen molar-refractivity contribution in [2.75, 3.05) is 0 Å². The quantitative estimate of drug-likeness (QED) is 0.379. The highest BCUT2D eigenvalue weighted by atomic mass is 16.3. The molecule has 144 valence electrons. The molecule has 2 aromatic rings. The number of carbonyl (C=O) groups is 2. The number of hydrogen-bond acceptors (Lipinski definition) is 5. The lowest BCUT2D eigenvalue weighted by atomic mass is 9.79. The predicted molar refractivity (Wildman–Crippen MR) is 107 cm³/mol. The molecule has 2 aromatic carbocycles. The maximum Gasteiger partial charge on any atom is 0.163 e. The van der Waals surface area contributed by atoms with E-state index in [9.17, 15) is 24.9 Å². The van der Waals surface area contributed by atoms with E-state index in [2.05, 4.69) is 0 Å².